The first-order valence-electron chi connectivity index (χ1n) is 6.27. The zero-order valence-electron chi connectivity index (χ0n) is 10.7. The van der Waals surface area contributed by atoms with Crippen molar-refractivity contribution in [3.8, 4) is 0 Å². The summed E-state index contributed by atoms with van der Waals surface area (Å²) in [7, 11) is 0. The third-order valence-electron chi connectivity index (χ3n) is 2.89. The highest BCUT2D eigenvalue weighted by atomic mass is 79.9. The van der Waals surface area contributed by atoms with E-state index in [1.807, 2.05) is 17.8 Å². The standard InChI is InChI=1S/C14H16BrFN2S/c1-2-6-18-12(13-8-17-9-19-13)7-10-4-3-5-11(16)14(10)15/h3-5,8-9,12,18H,2,6-7H2,1H3. The van der Waals surface area contributed by atoms with Gasteiger partial charge in [0.2, 0.25) is 0 Å². The summed E-state index contributed by atoms with van der Waals surface area (Å²) in [6.45, 7) is 3.07. The van der Waals surface area contributed by atoms with E-state index < -0.39 is 0 Å². The van der Waals surface area contributed by atoms with Gasteiger partial charge in [0.25, 0.3) is 0 Å². The van der Waals surface area contributed by atoms with Crippen LogP contribution in [0.2, 0.25) is 0 Å². The highest BCUT2D eigenvalue weighted by Crippen LogP contribution is 2.27. The van der Waals surface area contributed by atoms with Gasteiger partial charge in [0.1, 0.15) is 5.82 Å². The van der Waals surface area contributed by atoms with Gasteiger partial charge in [-0.25, -0.2) is 4.39 Å². The summed E-state index contributed by atoms with van der Waals surface area (Å²) in [5.41, 5.74) is 2.80. The smallest absolute Gasteiger partial charge is 0.137 e. The van der Waals surface area contributed by atoms with Crippen LogP contribution in [0.3, 0.4) is 0 Å². The third-order valence-corrected chi connectivity index (χ3v) is 4.67. The summed E-state index contributed by atoms with van der Waals surface area (Å²) in [5.74, 6) is -0.212. The molecule has 0 aliphatic carbocycles. The van der Waals surface area contributed by atoms with Crippen molar-refractivity contribution in [1.29, 1.82) is 0 Å². The van der Waals surface area contributed by atoms with E-state index in [0.29, 0.717) is 4.47 Å². The van der Waals surface area contributed by atoms with E-state index in [1.54, 1.807) is 17.4 Å². The summed E-state index contributed by atoms with van der Waals surface area (Å²) >= 11 is 4.95. The number of aromatic nitrogens is 1. The molecule has 0 amide bonds. The van der Waals surface area contributed by atoms with Gasteiger partial charge >= 0.3 is 0 Å². The van der Waals surface area contributed by atoms with E-state index in [2.05, 4.69) is 33.2 Å². The van der Waals surface area contributed by atoms with Gasteiger partial charge in [-0.1, -0.05) is 19.1 Å². The summed E-state index contributed by atoms with van der Waals surface area (Å²) in [6, 6.07) is 5.35. The Kier molecular flexibility index (Phi) is 5.48. The lowest BCUT2D eigenvalue weighted by Crippen LogP contribution is -2.23. The lowest BCUT2D eigenvalue weighted by molar-refractivity contribution is 0.532. The number of benzene rings is 1. The number of thiazole rings is 1. The number of nitrogens with one attached hydrogen (secondary N) is 1. The van der Waals surface area contributed by atoms with Crippen molar-refractivity contribution in [1.82, 2.24) is 10.3 Å². The highest BCUT2D eigenvalue weighted by Gasteiger charge is 2.15. The molecule has 0 fully saturated rings. The van der Waals surface area contributed by atoms with Gasteiger partial charge in [-0.3, -0.25) is 4.98 Å². The summed E-state index contributed by atoms with van der Waals surface area (Å²) < 4.78 is 14.1. The molecule has 0 radical (unpaired) electrons. The number of halogens is 2. The van der Waals surface area contributed by atoms with Crippen LogP contribution in [-0.2, 0) is 6.42 Å². The molecule has 0 aliphatic rings. The number of hydrogen-bond acceptors (Lipinski definition) is 3. The lowest BCUT2D eigenvalue weighted by Gasteiger charge is -2.17. The number of nitrogens with zero attached hydrogens (tertiary/aromatic N) is 1. The minimum atomic E-state index is -0.212. The van der Waals surface area contributed by atoms with E-state index in [-0.39, 0.29) is 11.9 Å². The van der Waals surface area contributed by atoms with Crippen molar-refractivity contribution in [3.05, 3.63) is 50.6 Å². The van der Waals surface area contributed by atoms with E-state index in [0.717, 1.165) is 24.9 Å². The first-order chi connectivity index (χ1) is 9.22. The maximum absolute atomic E-state index is 13.5. The fourth-order valence-electron chi connectivity index (χ4n) is 1.92. The maximum atomic E-state index is 13.5. The Morgan fingerprint density at radius 1 is 1.47 bits per heavy atom. The minimum absolute atomic E-state index is 0.186. The quantitative estimate of drug-likeness (QED) is 0.845. The second kappa shape index (κ2) is 7.12. The molecule has 5 heteroatoms. The summed E-state index contributed by atoms with van der Waals surface area (Å²) in [6.07, 6.45) is 3.70. The van der Waals surface area contributed by atoms with E-state index in [1.165, 1.54) is 10.9 Å². The molecular formula is C14H16BrFN2S. The molecule has 1 N–H and O–H groups in total. The number of hydrogen-bond donors (Lipinski definition) is 1. The Morgan fingerprint density at radius 3 is 3.00 bits per heavy atom. The summed E-state index contributed by atoms with van der Waals surface area (Å²) in [5, 5.41) is 3.49. The third kappa shape index (κ3) is 3.84. The molecule has 1 aromatic carbocycles. The molecule has 2 rings (SSSR count). The first kappa shape index (κ1) is 14.6. The van der Waals surface area contributed by atoms with Crippen molar-refractivity contribution < 1.29 is 4.39 Å². The zero-order valence-corrected chi connectivity index (χ0v) is 13.1. The molecule has 1 heterocycles. The molecule has 2 nitrogen and oxygen atoms in total. The largest absolute Gasteiger partial charge is 0.309 e. The predicted octanol–water partition coefficient (Wildman–Crippen LogP) is 4.33. The van der Waals surface area contributed by atoms with E-state index in [4.69, 9.17) is 0 Å². The van der Waals surface area contributed by atoms with Gasteiger partial charge in [-0.2, -0.15) is 0 Å². The first-order valence-corrected chi connectivity index (χ1v) is 7.94. The predicted molar refractivity (Wildman–Crippen MR) is 81.0 cm³/mol. The van der Waals surface area contributed by atoms with Gasteiger partial charge in [0, 0.05) is 17.1 Å². The molecule has 0 spiro atoms. The van der Waals surface area contributed by atoms with Crippen molar-refractivity contribution in [3.63, 3.8) is 0 Å². The van der Waals surface area contributed by atoms with Gasteiger partial charge < -0.3 is 5.32 Å². The molecule has 1 atom stereocenters. The van der Waals surface area contributed by atoms with Gasteiger partial charge in [-0.15, -0.1) is 11.3 Å². The van der Waals surface area contributed by atoms with Crippen LogP contribution in [0.5, 0.6) is 0 Å². The average Bonchev–Trinajstić information content (AvgIpc) is 2.93. The molecule has 19 heavy (non-hydrogen) atoms. The maximum Gasteiger partial charge on any atom is 0.137 e. The van der Waals surface area contributed by atoms with Crippen LogP contribution in [0.4, 0.5) is 4.39 Å². The molecule has 2 aromatic rings. The van der Waals surface area contributed by atoms with Crippen LogP contribution < -0.4 is 5.32 Å². The van der Waals surface area contributed by atoms with E-state index in [9.17, 15) is 4.39 Å². The molecule has 0 aliphatic heterocycles. The van der Waals surface area contributed by atoms with Crippen LogP contribution >= 0.6 is 27.3 Å². The fraction of sp³-hybridized carbons (Fsp3) is 0.357. The second-order valence-corrected chi connectivity index (χ2v) is 6.04. The highest BCUT2D eigenvalue weighted by molar-refractivity contribution is 9.10. The molecule has 0 saturated heterocycles. The van der Waals surface area contributed by atoms with Crippen LogP contribution in [0, 0.1) is 5.82 Å². The normalized spacial score (nSPS) is 12.6. The van der Waals surface area contributed by atoms with Crippen molar-refractivity contribution in [2.45, 2.75) is 25.8 Å². The minimum Gasteiger partial charge on any atom is -0.309 e. The second-order valence-electron chi connectivity index (χ2n) is 4.33. The zero-order chi connectivity index (χ0) is 13.7. The lowest BCUT2D eigenvalue weighted by atomic mass is 10.0. The van der Waals surface area contributed by atoms with Crippen molar-refractivity contribution in [2.24, 2.45) is 0 Å². The molecule has 0 saturated carbocycles. The fourth-order valence-corrected chi connectivity index (χ4v) is 3.04. The average molecular weight is 343 g/mol. The Labute approximate surface area is 125 Å². The SMILES string of the molecule is CCCNC(Cc1cccc(F)c1Br)c1cncs1. The molecule has 0 bridgehead atoms. The molecule has 1 unspecified atom stereocenters. The Hall–Kier alpha value is -0.780. The number of rotatable bonds is 6. The molecule has 102 valence electrons. The molecule has 1 aromatic heterocycles. The monoisotopic (exact) mass is 342 g/mol. The van der Waals surface area contributed by atoms with Crippen LogP contribution in [0.1, 0.15) is 29.8 Å². The van der Waals surface area contributed by atoms with Crippen molar-refractivity contribution >= 4 is 27.3 Å². The Bertz CT molecular complexity index is 516. The Balaban J connectivity index is 2.18. The topological polar surface area (TPSA) is 24.9 Å². The van der Waals surface area contributed by atoms with Gasteiger partial charge in [-0.05, 0) is 46.9 Å². The Morgan fingerprint density at radius 2 is 2.32 bits per heavy atom. The van der Waals surface area contributed by atoms with Gasteiger partial charge in [0.05, 0.1) is 9.98 Å². The van der Waals surface area contributed by atoms with Crippen LogP contribution in [-0.4, -0.2) is 11.5 Å². The van der Waals surface area contributed by atoms with Gasteiger partial charge in [0.15, 0.2) is 0 Å². The van der Waals surface area contributed by atoms with Crippen molar-refractivity contribution in [2.75, 3.05) is 6.54 Å². The van der Waals surface area contributed by atoms with E-state index >= 15 is 0 Å². The van der Waals surface area contributed by atoms with Crippen LogP contribution in [0.15, 0.2) is 34.4 Å². The van der Waals surface area contributed by atoms with Crippen LogP contribution in [0.25, 0.3) is 0 Å². The molecular weight excluding hydrogens is 327 g/mol. The summed E-state index contributed by atoms with van der Waals surface area (Å²) in [4.78, 5) is 5.31.